The first-order chi connectivity index (χ1) is 7.47. The van der Waals surface area contributed by atoms with Crippen molar-refractivity contribution in [2.45, 2.75) is 30.6 Å². The topological polar surface area (TPSA) is 139 Å². The number of carboxylic acid groups (broad SMARTS) is 1. The first kappa shape index (κ1) is 13.3. The zero-order valence-electron chi connectivity index (χ0n) is 8.35. The third kappa shape index (κ3) is 2.88. The number of aliphatic hydroxyl groups excluding tert-OH is 4. The lowest BCUT2D eigenvalue weighted by molar-refractivity contribution is -0.236. The van der Waals surface area contributed by atoms with Crippen molar-refractivity contribution in [1.29, 1.82) is 0 Å². The van der Waals surface area contributed by atoms with Crippen LogP contribution >= 0.6 is 0 Å². The zero-order valence-corrected chi connectivity index (χ0v) is 8.35. The number of aliphatic hydroxyl groups is 4. The average Bonchev–Trinajstić information content (AvgIpc) is 2.25. The third-order valence-corrected chi connectivity index (χ3v) is 2.35. The van der Waals surface area contributed by atoms with Crippen molar-refractivity contribution < 1.29 is 35.1 Å². The fourth-order valence-corrected chi connectivity index (χ4v) is 1.46. The molecule has 0 unspecified atom stereocenters. The van der Waals surface area contributed by atoms with Crippen LogP contribution < -0.4 is 5.32 Å². The van der Waals surface area contributed by atoms with E-state index in [9.17, 15) is 20.1 Å². The van der Waals surface area contributed by atoms with Crippen molar-refractivity contribution in [3.05, 3.63) is 0 Å². The van der Waals surface area contributed by atoms with E-state index in [2.05, 4.69) is 5.32 Å². The highest BCUT2D eigenvalue weighted by atomic mass is 16.6. The van der Waals surface area contributed by atoms with E-state index in [1.165, 1.54) is 0 Å². The lowest BCUT2D eigenvalue weighted by Gasteiger charge is -2.40. The Labute approximate surface area is 91.1 Å². The third-order valence-electron chi connectivity index (χ3n) is 2.35. The van der Waals surface area contributed by atoms with Gasteiger partial charge in [-0.2, -0.15) is 0 Å². The highest BCUT2D eigenvalue weighted by Crippen LogP contribution is 2.19. The molecule has 8 nitrogen and oxygen atoms in total. The Balaban J connectivity index is 2.60. The standard InChI is InChI=1S/C8H15NO7/c10-2-3-5(13)6(14)7(15)8(16-3)9-1-4(11)12/h3,5-10,13-15H,1-2H2,(H,11,12)/t3-,5-,6+,7+,8-/m1/s1. The van der Waals surface area contributed by atoms with Gasteiger partial charge in [0, 0.05) is 0 Å². The molecule has 1 fully saturated rings. The minimum atomic E-state index is -1.50. The first-order valence-electron chi connectivity index (χ1n) is 4.73. The summed E-state index contributed by atoms with van der Waals surface area (Å²) >= 11 is 0. The van der Waals surface area contributed by atoms with E-state index in [1.807, 2.05) is 0 Å². The molecule has 1 aliphatic heterocycles. The van der Waals surface area contributed by atoms with Gasteiger partial charge in [0.25, 0.3) is 0 Å². The molecule has 0 bridgehead atoms. The molecular weight excluding hydrogens is 222 g/mol. The van der Waals surface area contributed by atoms with Crippen molar-refractivity contribution in [3.63, 3.8) is 0 Å². The van der Waals surface area contributed by atoms with E-state index in [1.54, 1.807) is 0 Å². The average molecular weight is 237 g/mol. The number of nitrogens with one attached hydrogen (secondary N) is 1. The van der Waals surface area contributed by atoms with E-state index in [-0.39, 0.29) is 0 Å². The molecule has 5 atom stereocenters. The Morgan fingerprint density at radius 2 is 1.81 bits per heavy atom. The molecule has 0 radical (unpaired) electrons. The smallest absolute Gasteiger partial charge is 0.317 e. The molecule has 94 valence electrons. The van der Waals surface area contributed by atoms with E-state index in [0.717, 1.165) is 0 Å². The fourth-order valence-electron chi connectivity index (χ4n) is 1.46. The van der Waals surface area contributed by atoms with Crippen molar-refractivity contribution in [1.82, 2.24) is 5.32 Å². The van der Waals surface area contributed by atoms with Crippen LogP contribution in [0.25, 0.3) is 0 Å². The molecule has 0 amide bonds. The summed E-state index contributed by atoms with van der Waals surface area (Å²) in [6, 6.07) is 0. The van der Waals surface area contributed by atoms with Crippen molar-refractivity contribution >= 4 is 5.97 Å². The summed E-state index contributed by atoms with van der Waals surface area (Å²) in [6.07, 6.45) is -6.59. The minimum Gasteiger partial charge on any atom is -0.480 e. The van der Waals surface area contributed by atoms with Gasteiger partial charge in [0.2, 0.25) is 0 Å². The maximum absolute atomic E-state index is 10.3. The number of aliphatic carboxylic acids is 1. The molecule has 0 aromatic rings. The maximum Gasteiger partial charge on any atom is 0.317 e. The van der Waals surface area contributed by atoms with Crippen LogP contribution in [-0.2, 0) is 9.53 Å². The molecule has 1 aliphatic rings. The summed E-state index contributed by atoms with van der Waals surface area (Å²) in [7, 11) is 0. The molecule has 1 rings (SSSR count). The van der Waals surface area contributed by atoms with Gasteiger partial charge in [0.15, 0.2) is 0 Å². The van der Waals surface area contributed by atoms with Gasteiger partial charge in [-0.05, 0) is 0 Å². The molecular formula is C8H15NO7. The maximum atomic E-state index is 10.3. The normalized spacial score (nSPS) is 39.6. The Morgan fingerprint density at radius 3 is 2.31 bits per heavy atom. The van der Waals surface area contributed by atoms with Crippen LogP contribution in [0, 0.1) is 0 Å². The second kappa shape index (κ2) is 5.53. The van der Waals surface area contributed by atoms with Gasteiger partial charge >= 0.3 is 5.97 Å². The monoisotopic (exact) mass is 237 g/mol. The van der Waals surface area contributed by atoms with E-state index >= 15 is 0 Å². The molecule has 1 saturated heterocycles. The molecule has 16 heavy (non-hydrogen) atoms. The summed E-state index contributed by atoms with van der Waals surface area (Å²) in [5, 5.41) is 47.8. The highest BCUT2D eigenvalue weighted by Gasteiger charge is 2.43. The van der Waals surface area contributed by atoms with Gasteiger partial charge < -0.3 is 30.3 Å². The van der Waals surface area contributed by atoms with Gasteiger partial charge in [-0.15, -0.1) is 0 Å². The number of hydrogen-bond donors (Lipinski definition) is 6. The summed E-state index contributed by atoms with van der Waals surface area (Å²) in [6.45, 7) is -1.01. The Bertz CT molecular complexity index is 247. The van der Waals surface area contributed by atoms with Crippen molar-refractivity contribution in [3.8, 4) is 0 Å². The largest absolute Gasteiger partial charge is 0.480 e. The number of carbonyl (C=O) groups is 1. The van der Waals surface area contributed by atoms with E-state index in [0.29, 0.717) is 0 Å². The number of carboxylic acids is 1. The van der Waals surface area contributed by atoms with Gasteiger partial charge in [0.1, 0.15) is 30.6 Å². The second-order valence-corrected chi connectivity index (χ2v) is 3.52. The fraction of sp³-hybridized carbons (Fsp3) is 0.875. The second-order valence-electron chi connectivity index (χ2n) is 3.52. The van der Waals surface area contributed by atoms with Crippen LogP contribution in [0.3, 0.4) is 0 Å². The Morgan fingerprint density at radius 1 is 1.19 bits per heavy atom. The lowest BCUT2D eigenvalue weighted by atomic mass is 9.98. The summed E-state index contributed by atoms with van der Waals surface area (Å²) in [5.74, 6) is -1.16. The van der Waals surface area contributed by atoms with Crippen molar-refractivity contribution in [2.75, 3.05) is 13.2 Å². The summed E-state index contributed by atoms with van der Waals surface area (Å²) in [4.78, 5) is 10.3. The van der Waals surface area contributed by atoms with E-state index < -0.39 is 49.8 Å². The minimum absolute atomic E-state index is 0.470. The van der Waals surface area contributed by atoms with Crippen LogP contribution in [0.2, 0.25) is 0 Å². The summed E-state index contributed by atoms with van der Waals surface area (Å²) in [5.41, 5.74) is 0. The van der Waals surface area contributed by atoms with Gasteiger partial charge in [0.05, 0.1) is 13.2 Å². The summed E-state index contributed by atoms with van der Waals surface area (Å²) < 4.78 is 5.00. The Kier molecular flexibility index (Phi) is 4.59. The molecule has 0 aliphatic carbocycles. The van der Waals surface area contributed by atoms with Crippen LogP contribution in [0.1, 0.15) is 0 Å². The molecule has 1 heterocycles. The first-order valence-corrected chi connectivity index (χ1v) is 4.73. The molecule has 0 spiro atoms. The lowest BCUT2D eigenvalue weighted by Crippen LogP contribution is -2.62. The zero-order chi connectivity index (χ0) is 12.3. The molecule has 0 aromatic carbocycles. The molecule has 6 N–H and O–H groups in total. The van der Waals surface area contributed by atoms with E-state index in [4.69, 9.17) is 14.9 Å². The predicted octanol–water partition coefficient (Wildman–Crippen LogP) is -3.54. The predicted molar refractivity (Wildman–Crippen MR) is 49.4 cm³/mol. The van der Waals surface area contributed by atoms with Gasteiger partial charge in [-0.3, -0.25) is 10.1 Å². The Hall–Kier alpha value is -0.770. The SMILES string of the molecule is O=C(O)CN[C@@H]1O[C@H](CO)[C@@H](O)[C@H](O)[C@@H]1O. The number of hydrogen-bond acceptors (Lipinski definition) is 7. The van der Waals surface area contributed by atoms with Crippen LogP contribution in [0.15, 0.2) is 0 Å². The number of rotatable bonds is 4. The molecule has 0 aromatic heterocycles. The van der Waals surface area contributed by atoms with Crippen LogP contribution in [0.5, 0.6) is 0 Å². The molecule has 0 saturated carbocycles. The van der Waals surface area contributed by atoms with Crippen LogP contribution in [0.4, 0.5) is 0 Å². The van der Waals surface area contributed by atoms with Gasteiger partial charge in [-0.1, -0.05) is 0 Å². The van der Waals surface area contributed by atoms with Crippen molar-refractivity contribution in [2.24, 2.45) is 0 Å². The van der Waals surface area contributed by atoms with Gasteiger partial charge in [-0.25, -0.2) is 0 Å². The van der Waals surface area contributed by atoms with Crippen LogP contribution in [-0.4, -0.2) is 75.3 Å². The number of ether oxygens (including phenoxy) is 1. The quantitative estimate of drug-likeness (QED) is 0.295. The molecule has 8 heteroatoms. The highest BCUT2D eigenvalue weighted by molar-refractivity contribution is 5.69.